The van der Waals surface area contributed by atoms with E-state index >= 15 is 0 Å². The van der Waals surface area contributed by atoms with E-state index in [0.29, 0.717) is 22.0 Å². The molecule has 0 bridgehead atoms. The van der Waals surface area contributed by atoms with Crippen LogP contribution in [-0.4, -0.2) is 27.7 Å². The Hall–Kier alpha value is -2.09. The SMILES string of the molecule is COc1ccc([C@H](CC(=O)Nc2ccc(Cl)cc2C)NS(C)(=O)=O)cc1. The van der Waals surface area contributed by atoms with Gasteiger partial charge in [-0.2, -0.15) is 0 Å². The molecule has 2 aromatic carbocycles. The third kappa shape index (κ3) is 6.01. The first-order valence-corrected chi connectivity index (χ1v) is 10.1. The Morgan fingerprint density at radius 2 is 1.85 bits per heavy atom. The number of amides is 1. The average Bonchev–Trinajstić information content (AvgIpc) is 2.56. The van der Waals surface area contributed by atoms with Crippen LogP contribution in [-0.2, 0) is 14.8 Å². The van der Waals surface area contributed by atoms with Crippen LogP contribution in [0.2, 0.25) is 5.02 Å². The molecule has 0 aliphatic carbocycles. The van der Waals surface area contributed by atoms with Crippen molar-refractivity contribution in [3.8, 4) is 5.75 Å². The summed E-state index contributed by atoms with van der Waals surface area (Å²) in [5, 5.41) is 3.37. The maximum atomic E-state index is 12.4. The standard InChI is InChI=1S/C18H21ClN2O4S/c1-12-10-14(19)6-9-16(12)20-18(22)11-17(21-26(3,23)24)13-4-7-15(25-2)8-5-13/h4-10,17,21H,11H2,1-3H3,(H,20,22)/t17-/m0/s1. The third-order valence-corrected chi connectivity index (χ3v) is 4.67. The fourth-order valence-corrected chi connectivity index (χ4v) is 3.44. The van der Waals surface area contributed by atoms with Crippen molar-refractivity contribution in [2.24, 2.45) is 0 Å². The molecule has 2 rings (SSSR count). The van der Waals surface area contributed by atoms with Crippen LogP contribution in [0.25, 0.3) is 0 Å². The fourth-order valence-electron chi connectivity index (χ4n) is 2.48. The van der Waals surface area contributed by atoms with Crippen LogP contribution in [0.1, 0.15) is 23.6 Å². The lowest BCUT2D eigenvalue weighted by atomic mass is 10.0. The lowest BCUT2D eigenvalue weighted by molar-refractivity contribution is -0.116. The maximum Gasteiger partial charge on any atom is 0.226 e. The van der Waals surface area contributed by atoms with Gasteiger partial charge in [-0.15, -0.1) is 0 Å². The molecule has 0 aliphatic rings. The Kier molecular flexibility index (Phi) is 6.63. The number of halogens is 1. The summed E-state index contributed by atoms with van der Waals surface area (Å²) in [6, 6.07) is 11.3. The van der Waals surface area contributed by atoms with Crippen molar-refractivity contribution in [2.75, 3.05) is 18.7 Å². The molecule has 0 spiro atoms. The zero-order valence-corrected chi connectivity index (χ0v) is 16.3. The Labute approximate surface area is 158 Å². The van der Waals surface area contributed by atoms with E-state index in [9.17, 15) is 13.2 Å². The Bertz CT molecular complexity index is 883. The number of hydrogen-bond donors (Lipinski definition) is 2. The molecule has 0 aromatic heterocycles. The lowest BCUT2D eigenvalue weighted by Crippen LogP contribution is -2.30. The second-order valence-electron chi connectivity index (χ2n) is 5.93. The molecule has 0 fully saturated rings. The van der Waals surface area contributed by atoms with Crippen LogP contribution in [0, 0.1) is 6.92 Å². The van der Waals surface area contributed by atoms with Gasteiger partial charge in [-0.25, -0.2) is 13.1 Å². The minimum absolute atomic E-state index is 0.0541. The Morgan fingerprint density at radius 3 is 2.38 bits per heavy atom. The Morgan fingerprint density at radius 1 is 1.19 bits per heavy atom. The molecule has 26 heavy (non-hydrogen) atoms. The second-order valence-corrected chi connectivity index (χ2v) is 8.14. The highest BCUT2D eigenvalue weighted by molar-refractivity contribution is 7.88. The first-order valence-electron chi connectivity index (χ1n) is 7.85. The van der Waals surface area contributed by atoms with Crippen LogP contribution in [0.15, 0.2) is 42.5 Å². The van der Waals surface area contributed by atoms with Gasteiger partial charge in [-0.1, -0.05) is 23.7 Å². The van der Waals surface area contributed by atoms with Gasteiger partial charge in [-0.05, 0) is 48.4 Å². The fraction of sp³-hybridized carbons (Fsp3) is 0.278. The molecule has 1 amide bonds. The van der Waals surface area contributed by atoms with Gasteiger partial charge < -0.3 is 10.1 Å². The van der Waals surface area contributed by atoms with Crippen molar-refractivity contribution in [3.05, 3.63) is 58.6 Å². The quantitative estimate of drug-likeness (QED) is 0.752. The maximum absolute atomic E-state index is 12.4. The average molecular weight is 397 g/mol. The molecule has 0 saturated carbocycles. The first-order chi connectivity index (χ1) is 12.2. The highest BCUT2D eigenvalue weighted by Crippen LogP contribution is 2.23. The number of methoxy groups -OCH3 is 1. The summed E-state index contributed by atoms with van der Waals surface area (Å²) in [6.07, 6.45) is 1.01. The minimum Gasteiger partial charge on any atom is -0.497 e. The van der Waals surface area contributed by atoms with E-state index in [2.05, 4.69) is 10.0 Å². The molecule has 6 nitrogen and oxygen atoms in total. The molecular formula is C18H21ClN2O4S. The molecule has 140 valence electrons. The summed E-state index contributed by atoms with van der Waals surface area (Å²) in [6.45, 7) is 1.83. The van der Waals surface area contributed by atoms with Gasteiger partial charge in [0.2, 0.25) is 15.9 Å². The molecular weight excluding hydrogens is 376 g/mol. The van der Waals surface area contributed by atoms with E-state index in [1.54, 1.807) is 49.6 Å². The van der Waals surface area contributed by atoms with E-state index in [-0.39, 0.29) is 12.3 Å². The van der Waals surface area contributed by atoms with Gasteiger partial charge in [0.25, 0.3) is 0 Å². The van der Waals surface area contributed by atoms with E-state index in [0.717, 1.165) is 11.8 Å². The summed E-state index contributed by atoms with van der Waals surface area (Å²) in [5.74, 6) is 0.334. The van der Waals surface area contributed by atoms with Crippen LogP contribution in [0.4, 0.5) is 5.69 Å². The lowest BCUT2D eigenvalue weighted by Gasteiger charge is -2.18. The van der Waals surface area contributed by atoms with Crippen molar-refractivity contribution in [1.82, 2.24) is 4.72 Å². The van der Waals surface area contributed by atoms with Crippen LogP contribution in [0.3, 0.4) is 0 Å². The summed E-state index contributed by atoms with van der Waals surface area (Å²) >= 11 is 5.92. The third-order valence-electron chi connectivity index (χ3n) is 3.73. The van der Waals surface area contributed by atoms with Gasteiger partial charge in [0.1, 0.15) is 5.75 Å². The van der Waals surface area contributed by atoms with Gasteiger partial charge in [0.15, 0.2) is 0 Å². The molecule has 2 N–H and O–H groups in total. The van der Waals surface area contributed by atoms with Crippen LogP contribution >= 0.6 is 11.6 Å². The first kappa shape index (κ1) is 20.2. The highest BCUT2D eigenvalue weighted by atomic mass is 35.5. The number of aryl methyl sites for hydroxylation is 1. The predicted molar refractivity (Wildman–Crippen MR) is 103 cm³/mol. The second kappa shape index (κ2) is 8.53. The number of carbonyl (C=O) groups excluding carboxylic acids is 1. The number of carbonyl (C=O) groups is 1. The molecule has 8 heteroatoms. The van der Waals surface area contributed by atoms with E-state index in [1.165, 1.54) is 0 Å². The largest absolute Gasteiger partial charge is 0.497 e. The number of sulfonamides is 1. The van der Waals surface area contributed by atoms with Gasteiger partial charge in [0.05, 0.1) is 19.4 Å². The molecule has 1 atom stereocenters. The number of hydrogen-bond acceptors (Lipinski definition) is 4. The van der Waals surface area contributed by atoms with Crippen molar-refractivity contribution < 1.29 is 17.9 Å². The summed E-state index contributed by atoms with van der Waals surface area (Å²) in [5.41, 5.74) is 2.12. The van der Waals surface area contributed by atoms with Crippen LogP contribution in [0.5, 0.6) is 5.75 Å². The summed E-state index contributed by atoms with van der Waals surface area (Å²) in [4.78, 5) is 12.4. The number of benzene rings is 2. The van der Waals surface area contributed by atoms with Gasteiger partial charge >= 0.3 is 0 Å². The number of anilines is 1. The Balaban J connectivity index is 2.18. The highest BCUT2D eigenvalue weighted by Gasteiger charge is 2.20. The normalized spacial score (nSPS) is 12.5. The monoisotopic (exact) mass is 396 g/mol. The van der Waals surface area contributed by atoms with Crippen molar-refractivity contribution in [1.29, 1.82) is 0 Å². The predicted octanol–water partition coefficient (Wildman–Crippen LogP) is 3.28. The number of nitrogens with one attached hydrogen (secondary N) is 2. The topological polar surface area (TPSA) is 84.5 Å². The number of rotatable bonds is 7. The van der Waals surface area contributed by atoms with Gasteiger partial charge in [-0.3, -0.25) is 4.79 Å². The molecule has 0 saturated heterocycles. The van der Waals surface area contributed by atoms with Crippen molar-refractivity contribution in [3.63, 3.8) is 0 Å². The molecule has 2 aromatic rings. The molecule has 0 aliphatic heterocycles. The minimum atomic E-state index is -3.50. The summed E-state index contributed by atoms with van der Waals surface area (Å²) < 4.78 is 31.0. The smallest absolute Gasteiger partial charge is 0.226 e. The zero-order valence-electron chi connectivity index (χ0n) is 14.7. The van der Waals surface area contributed by atoms with E-state index in [1.807, 2.05) is 6.92 Å². The molecule has 0 heterocycles. The van der Waals surface area contributed by atoms with Crippen molar-refractivity contribution >= 4 is 33.2 Å². The van der Waals surface area contributed by atoms with Crippen molar-refractivity contribution in [2.45, 2.75) is 19.4 Å². The van der Waals surface area contributed by atoms with Crippen LogP contribution < -0.4 is 14.8 Å². The van der Waals surface area contributed by atoms with E-state index < -0.39 is 16.1 Å². The number of ether oxygens (including phenoxy) is 1. The molecule has 0 unspecified atom stereocenters. The zero-order chi connectivity index (χ0) is 19.3. The summed E-state index contributed by atoms with van der Waals surface area (Å²) in [7, 11) is -1.95. The molecule has 0 radical (unpaired) electrons. The van der Waals surface area contributed by atoms with E-state index in [4.69, 9.17) is 16.3 Å². The van der Waals surface area contributed by atoms with Gasteiger partial charge in [0, 0.05) is 17.1 Å².